The van der Waals surface area contributed by atoms with Crippen LogP contribution in [0.5, 0.6) is 0 Å². The van der Waals surface area contributed by atoms with Crippen molar-refractivity contribution >= 4 is 15.7 Å². The Morgan fingerprint density at radius 2 is 1.88 bits per heavy atom. The third-order valence-electron chi connectivity index (χ3n) is 3.31. The van der Waals surface area contributed by atoms with Crippen molar-refractivity contribution in [2.45, 2.75) is 32.6 Å². The average molecular weight is 252 g/mol. The van der Waals surface area contributed by atoms with E-state index in [-0.39, 0.29) is 10.8 Å². The quantitative estimate of drug-likeness (QED) is 0.840. The number of allylic oxidation sites excluding steroid dienone is 2. The zero-order chi connectivity index (χ0) is 12.6. The molecule has 0 aromatic heterocycles. The molecule has 0 heterocycles. The molecular formula is C13H16O3S. The number of hydrogen-bond acceptors (Lipinski definition) is 2. The molecule has 1 N–H and O–H groups in total. The second-order valence-electron chi connectivity index (χ2n) is 4.22. The van der Waals surface area contributed by atoms with Crippen LogP contribution in [0.1, 0.15) is 43.7 Å². The van der Waals surface area contributed by atoms with Crippen molar-refractivity contribution in [3.63, 3.8) is 0 Å². The Bertz CT molecular complexity index is 570. The van der Waals surface area contributed by atoms with Gasteiger partial charge in [0.2, 0.25) is 0 Å². The van der Waals surface area contributed by atoms with Crippen molar-refractivity contribution in [1.82, 2.24) is 0 Å². The molecule has 0 saturated heterocycles. The molecule has 1 aliphatic rings. The van der Waals surface area contributed by atoms with Crippen LogP contribution in [0.3, 0.4) is 0 Å². The molecule has 0 fully saturated rings. The van der Waals surface area contributed by atoms with Gasteiger partial charge in [0, 0.05) is 5.92 Å². The summed E-state index contributed by atoms with van der Waals surface area (Å²) in [5, 5.41) is 0. The Kier molecular flexibility index (Phi) is 3.10. The summed E-state index contributed by atoms with van der Waals surface area (Å²) in [4.78, 5) is 0.198. The smallest absolute Gasteiger partial charge is 0.282 e. The summed E-state index contributed by atoms with van der Waals surface area (Å²) < 4.78 is 32.5. The molecule has 1 unspecified atom stereocenters. The lowest BCUT2D eigenvalue weighted by Crippen LogP contribution is -2.08. The highest BCUT2D eigenvalue weighted by atomic mass is 32.2. The molecule has 1 atom stereocenters. The number of fused-ring (bicyclic) bond motifs is 1. The van der Waals surface area contributed by atoms with Crippen molar-refractivity contribution in [1.29, 1.82) is 0 Å². The second kappa shape index (κ2) is 4.27. The van der Waals surface area contributed by atoms with Gasteiger partial charge < -0.3 is 0 Å². The zero-order valence-electron chi connectivity index (χ0n) is 9.97. The lowest BCUT2D eigenvalue weighted by molar-refractivity contribution is 0.487. The zero-order valence-corrected chi connectivity index (χ0v) is 10.8. The molecule has 17 heavy (non-hydrogen) atoms. The molecule has 1 aromatic rings. The van der Waals surface area contributed by atoms with Crippen molar-refractivity contribution < 1.29 is 13.0 Å². The molecule has 3 nitrogen and oxygen atoms in total. The topological polar surface area (TPSA) is 54.4 Å². The molecule has 1 aliphatic carbocycles. The van der Waals surface area contributed by atoms with Gasteiger partial charge in [0.25, 0.3) is 10.1 Å². The van der Waals surface area contributed by atoms with Crippen LogP contribution in [0.25, 0.3) is 5.57 Å². The number of hydrogen-bond donors (Lipinski definition) is 1. The van der Waals surface area contributed by atoms with Gasteiger partial charge >= 0.3 is 0 Å². The molecule has 0 amide bonds. The summed E-state index contributed by atoms with van der Waals surface area (Å²) in [6.45, 7) is 3.85. The first-order chi connectivity index (χ1) is 8.00. The van der Waals surface area contributed by atoms with Gasteiger partial charge in [0.1, 0.15) is 0 Å². The van der Waals surface area contributed by atoms with E-state index in [1.165, 1.54) is 0 Å². The van der Waals surface area contributed by atoms with Crippen LogP contribution in [0.15, 0.2) is 29.2 Å². The Hall–Kier alpha value is -1.13. The minimum absolute atomic E-state index is 0.198. The Morgan fingerprint density at radius 1 is 1.24 bits per heavy atom. The molecule has 92 valence electrons. The Morgan fingerprint density at radius 3 is 2.41 bits per heavy atom. The fourth-order valence-electron chi connectivity index (χ4n) is 2.67. The van der Waals surface area contributed by atoms with Gasteiger partial charge in [-0.3, -0.25) is 4.55 Å². The molecule has 0 aliphatic heterocycles. The fraction of sp³-hybridized carbons (Fsp3) is 0.385. The van der Waals surface area contributed by atoms with Crippen molar-refractivity contribution in [2.24, 2.45) is 0 Å². The van der Waals surface area contributed by atoms with Gasteiger partial charge in [-0.05, 0) is 29.5 Å². The van der Waals surface area contributed by atoms with E-state index in [0.717, 1.165) is 16.7 Å². The molecule has 0 spiro atoms. The first-order valence-corrected chi connectivity index (χ1v) is 7.24. The number of benzene rings is 1. The van der Waals surface area contributed by atoms with E-state index in [1.54, 1.807) is 0 Å². The summed E-state index contributed by atoms with van der Waals surface area (Å²) in [5.41, 5.74) is 2.74. The van der Waals surface area contributed by atoms with Gasteiger partial charge in [-0.25, -0.2) is 0 Å². The standard InChI is InChI=1S/C13H16O3S/c1-3-9-11-7-5-6-8-12(11)10(4-2)13(9)17(14,15)16/h5-9H,3-4H2,1-2H3,(H,14,15,16). The van der Waals surface area contributed by atoms with Gasteiger partial charge in [0.05, 0.1) is 4.91 Å². The van der Waals surface area contributed by atoms with E-state index in [2.05, 4.69) is 0 Å². The first kappa shape index (κ1) is 12.3. The minimum Gasteiger partial charge on any atom is -0.282 e. The van der Waals surface area contributed by atoms with Crippen molar-refractivity contribution in [3.05, 3.63) is 40.3 Å². The van der Waals surface area contributed by atoms with Crippen LogP contribution >= 0.6 is 0 Å². The van der Waals surface area contributed by atoms with Crippen LogP contribution in [-0.4, -0.2) is 13.0 Å². The maximum atomic E-state index is 11.5. The highest BCUT2D eigenvalue weighted by Crippen LogP contribution is 2.46. The summed E-state index contributed by atoms with van der Waals surface area (Å²) in [5.74, 6) is -0.198. The first-order valence-electron chi connectivity index (χ1n) is 5.80. The van der Waals surface area contributed by atoms with Crippen molar-refractivity contribution in [2.75, 3.05) is 0 Å². The second-order valence-corrected chi connectivity index (χ2v) is 5.61. The third-order valence-corrected chi connectivity index (χ3v) is 4.40. The molecule has 4 heteroatoms. The van der Waals surface area contributed by atoms with Crippen LogP contribution in [-0.2, 0) is 10.1 Å². The monoisotopic (exact) mass is 252 g/mol. The highest BCUT2D eigenvalue weighted by Gasteiger charge is 2.35. The number of rotatable bonds is 3. The van der Waals surface area contributed by atoms with E-state index >= 15 is 0 Å². The SMILES string of the molecule is CCC1=C(S(=O)(=O)O)C(CC)c2ccccc21. The lowest BCUT2D eigenvalue weighted by atomic mass is 9.98. The van der Waals surface area contributed by atoms with Crippen LogP contribution in [0.2, 0.25) is 0 Å². The summed E-state index contributed by atoms with van der Waals surface area (Å²) >= 11 is 0. The highest BCUT2D eigenvalue weighted by molar-refractivity contribution is 7.90. The third kappa shape index (κ3) is 1.91. The summed E-state index contributed by atoms with van der Waals surface area (Å²) in [6.07, 6.45) is 1.29. The van der Waals surface area contributed by atoms with E-state index in [9.17, 15) is 13.0 Å². The molecule has 2 rings (SSSR count). The van der Waals surface area contributed by atoms with Crippen LogP contribution in [0, 0.1) is 0 Å². The van der Waals surface area contributed by atoms with Crippen LogP contribution in [0.4, 0.5) is 0 Å². The van der Waals surface area contributed by atoms with Crippen molar-refractivity contribution in [3.8, 4) is 0 Å². The summed E-state index contributed by atoms with van der Waals surface area (Å²) in [7, 11) is -4.11. The van der Waals surface area contributed by atoms with E-state index in [0.29, 0.717) is 12.8 Å². The summed E-state index contributed by atoms with van der Waals surface area (Å²) in [6, 6.07) is 7.67. The average Bonchev–Trinajstić information content (AvgIpc) is 2.62. The van der Waals surface area contributed by atoms with Gasteiger partial charge in [0.15, 0.2) is 0 Å². The van der Waals surface area contributed by atoms with Crippen LogP contribution < -0.4 is 0 Å². The predicted octanol–water partition coefficient (Wildman–Crippen LogP) is 3.20. The molecular weight excluding hydrogens is 236 g/mol. The Labute approximate surface area is 102 Å². The Balaban J connectivity index is 2.73. The van der Waals surface area contributed by atoms with E-state index < -0.39 is 10.1 Å². The molecule has 1 aromatic carbocycles. The van der Waals surface area contributed by atoms with E-state index in [4.69, 9.17) is 0 Å². The lowest BCUT2D eigenvalue weighted by Gasteiger charge is -2.11. The van der Waals surface area contributed by atoms with Gasteiger partial charge in [-0.15, -0.1) is 0 Å². The van der Waals surface area contributed by atoms with Gasteiger partial charge in [-0.2, -0.15) is 8.42 Å². The minimum atomic E-state index is -4.11. The fourth-order valence-corrected chi connectivity index (χ4v) is 3.88. The molecule has 0 radical (unpaired) electrons. The maximum Gasteiger partial charge on any atom is 0.291 e. The van der Waals surface area contributed by atoms with E-state index in [1.807, 2.05) is 38.1 Å². The molecule has 0 bridgehead atoms. The predicted molar refractivity (Wildman–Crippen MR) is 68.2 cm³/mol. The maximum absolute atomic E-state index is 11.5. The largest absolute Gasteiger partial charge is 0.291 e. The molecule has 0 saturated carbocycles. The van der Waals surface area contributed by atoms with Gasteiger partial charge in [-0.1, -0.05) is 38.1 Å². The normalized spacial score (nSPS) is 19.6.